The average Bonchev–Trinajstić information content (AvgIpc) is 2.62. The Kier molecular flexibility index (Phi) is 4.48. The van der Waals surface area contributed by atoms with Crippen LogP contribution in [0.1, 0.15) is 33.1 Å². The second-order valence-electron chi connectivity index (χ2n) is 5.46. The van der Waals surface area contributed by atoms with Crippen LogP contribution in [-0.2, 0) is 0 Å². The maximum Gasteiger partial charge on any atom is 0.252 e. The van der Waals surface area contributed by atoms with Gasteiger partial charge in [-0.3, -0.25) is 9.78 Å². The topological polar surface area (TPSA) is 42.0 Å². The Labute approximate surface area is 136 Å². The normalized spacial score (nSPS) is 11.7. The molecule has 0 saturated carbocycles. The zero-order chi connectivity index (χ0) is 16.1. The second-order valence-corrected chi connectivity index (χ2v) is 5.46. The summed E-state index contributed by atoms with van der Waals surface area (Å²) in [6.45, 7) is 2.05. The molecule has 3 heteroatoms. The number of pyridine rings is 1. The zero-order valence-electron chi connectivity index (χ0n) is 12.9. The van der Waals surface area contributed by atoms with Crippen LogP contribution in [0, 0.1) is 6.92 Å². The monoisotopic (exact) mass is 302 g/mol. The third-order valence-electron chi connectivity index (χ3n) is 3.76. The van der Waals surface area contributed by atoms with E-state index in [1.54, 1.807) is 24.5 Å². The molecule has 1 N–H and O–H groups in total. The van der Waals surface area contributed by atoms with Gasteiger partial charge in [-0.05, 0) is 30.2 Å². The molecule has 1 heterocycles. The fraction of sp³-hybridized carbons (Fsp3) is 0.100. The van der Waals surface area contributed by atoms with E-state index in [0.717, 1.165) is 11.1 Å². The molecule has 23 heavy (non-hydrogen) atoms. The van der Waals surface area contributed by atoms with Crippen molar-refractivity contribution >= 4 is 5.91 Å². The maximum absolute atomic E-state index is 12.5. The standard InChI is InChI=1S/C20H18N2O/c1-15-7-9-17(10-8-15)19(16-5-3-2-4-6-16)22-20(23)18-11-13-21-14-12-18/h2-14,19H,1H3,(H,22,23). The Morgan fingerprint density at radius 2 is 1.48 bits per heavy atom. The first-order valence-electron chi connectivity index (χ1n) is 7.56. The summed E-state index contributed by atoms with van der Waals surface area (Å²) in [5.74, 6) is -0.109. The smallest absolute Gasteiger partial charge is 0.252 e. The molecule has 0 saturated heterocycles. The van der Waals surface area contributed by atoms with Gasteiger partial charge in [-0.15, -0.1) is 0 Å². The first-order valence-corrected chi connectivity index (χ1v) is 7.56. The molecule has 0 bridgehead atoms. The number of aryl methyl sites for hydroxylation is 1. The minimum Gasteiger partial charge on any atom is -0.341 e. The van der Waals surface area contributed by atoms with Crippen molar-refractivity contribution < 1.29 is 4.79 Å². The Balaban J connectivity index is 1.93. The van der Waals surface area contributed by atoms with Crippen molar-refractivity contribution in [2.45, 2.75) is 13.0 Å². The first-order chi connectivity index (χ1) is 11.2. The van der Waals surface area contributed by atoms with Crippen LogP contribution in [0.2, 0.25) is 0 Å². The summed E-state index contributed by atoms with van der Waals surface area (Å²) < 4.78 is 0. The summed E-state index contributed by atoms with van der Waals surface area (Å²) in [6.07, 6.45) is 3.25. The highest BCUT2D eigenvalue weighted by Crippen LogP contribution is 2.22. The molecule has 1 unspecified atom stereocenters. The van der Waals surface area contributed by atoms with Crippen molar-refractivity contribution in [2.24, 2.45) is 0 Å². The average molecular weight is 302 g/mol. The van der Waals surface area contributed by atoms with E-state index in [1.165, 1.54) is 5.56 Å². The molecule has 0 aliphatic heterocycles. The highest BCUT2D eigenvalue weighted by Gasteiger charge is 2.17. The fourth-order valence-corrected chi connectivity index (χ4v) is 2.48. The zero-order valence-corrected chi connectivity index (χ0v) is 12.9. The molecule has 0 spiro atoms. The number of aromatic nitrogens is 1. The molecule has 0 radical (unpaired) electrons. The van der Waals surface area contributed by atoms with E-state index in [0.29, 0.717) is 5.56 Å². The highest BCUT2D eigenvalue weighted by molar-refractivity contribution is 5.94. The molecule has 1 aromatic heterocycles. The molecule has 3 rings (SSSR count). The number of hydrogen-bond donors (Lipinski definition) is 1. The van der Waals surface area contributed by atoms with E-state index in [4.69, 9.17) is 0 Å². The van der Waals surface area contributed by atoms with Crippen LogP contribution < -0.4 is 5.32 Å². The minimum absolute atomic E-state index is 0.109. The van der Waals surface area contributed by atoms with E-state index in [-0.39, 0.29) is 11.9 Å². The third kappa shape index (κ3) is 3.64. The Bertz CT molecular complexity index is 768. The van der Waals surface area contributed by atoms with Crippen LogP contribution in [0.25, 0.3) is 0 Å². The summed E-state index contributed by atoms with van der Waals surface area (Å²) in [7, 11) is 0. The maximum atomic E-state index is 12.5. The van der Waals surface area contributed by atoms with Crippen LogP contribution in [0.5, 0.6) is 0 Å². The molecule has 114 valence electrons. The molecule has 2 aromatic carbocycles. The van der Waals surface area contributed by atoms with Gasteiger partial charge in [0.1, 0.15) is 0 Å². The van der Waals surface area contributed by atoms with Gasteiger partial charge in [0.25, 0.3) is 5.91 Å². The number of carbonyl (C=O) groups is 1. The number of rotatable bonds is 4. The van der Waals surface area contributed by atoms with E-state index in [9.17, 15) is 4.79 Å². The van der Waals surface area contributed by atoms with Crippen molar-refractivity contribution in [1.29, 1.82) is 0 Å². The largest absolute Gasteiger partial charge is 0.341 e. The van der Waals surface area contributed by atoms with Crippen LogP contribution in [0.3, 0.4) is 0 Å². The van der Waals surface area contributed by atoms with Gasteiger partial charge >= 0.3 is 0 Å². The molecule has 0 aliphatic carbocycles. The van der Waals surface area contributed by atoms with E-state index < -0.39 is 0 Å². The number of carbonyl (C=O) groups excluding carboxylic acids is 1. The number of nitrogens with zero attached hydrogens (tertiary/aromatic N) is 1. The van der Waals surface area contributed by atoms with Crippen molar-refractivity contribution in [2.75, 3.05) is 0 Å². The van der Waals surface area contributed by atoms with Crippen LogP contribution in [0.15, 0.2) is 79.1 Å². The Morgan fingerprint density at radius 1 is 0.870 bits per heavy atom. The lowest BCUT2D eigenvalue weighted by Gasteiger charge is -2.20. The van der Waals surface area contributed by atoms with Crippen molar-refractivity contribution in [3.63, 3.8) is 0 Å². The number of amides is 1. The predicted molar refractivity (Wildman–Crippen MR) is 91.2 cm³/mol. The lowest BCUT2D eigenvalue weighted by atomic mass is 9.97. The summed E-state index contributed by atoms with van der Waals surface area (Å²) in [4.78, 5) is 16.5. The van der Waals surface area contributed by atoms with Crippen LogP contribution >= 0.6 is 0 Å². The van der Waals surface area contributed by atoms with Gasteiger partial charge in [-0.25, -0.2) is 0 Å². The van der Waals surface area contributed by atoms with Crippen molar-refractivity contribution in [1.82, 2.24) is 10.3 Å². The molecule has 1 amide bonds. The third-order valence-corrected chi connectivity index (χ3v) is 3.76. The van der Waals surface area contributed by atoms with Gasteiger partial charge in [-0.1, -0.05) is 60.2 Å². The number of hydrogen-bond acceptors (Lipinski definition) is 2. The van der Waals surface area contributed by atoms with E-state index >= 15 is 0 Å². The van der Waals surface area contributed by atoms with Gasteiger partial charge in [0, 0.05) is 18.0 Å². The number of nitrogens with one attached hydrogen (secondary N) is 1. The summed E-state index contributed by atoms with van der Waals surface area (Å²) in [5.41, 5.74) is 3.91. The van der Waals surface area contributed by atoms with Crippen LogP contribution in [-0.4, -0.2) is 10.9 Å². The molecule has 0 fully saturated rings. The Hall–Kier alpha value is -2.94. The van der Waals surface area contributed by atoms with E-state index in [2.05, 4.69) is 41.5 Å². The van der Waals surface area contributed by atoms with Gasteiger partial charge in [0.2, 0.25) is 0 Å². The van der Waals surface area contributed by atoms with Crippen molar-refractivity contribution in [3.8, 4) is 0 Å². The number of benzene rings is 2. The Morgan fingerprint density at radius 3 is 2.13 bits per heavy atom. The lowest BCUT2D eigenvalue weighted by molar-refractivity contribution is 0.0943. The van der Waals surface area contributed by atoms with Gasteiger partial charge < -0.3 is 5.32 Å². The molecule has 0 aliphatic rings. The fourth-order valence-electron chi connectivity index (χ4n) is 2.48. The lowest BCUT2D eigenvalue weighted by Crippen LogP contribution is -2.29. The van der Waals surface area contributed by atoms with Crippen molar-refractivity contribution in [3.05, 3.63) is 101 Å². The summed E-state index contributed by atoms with van der Waals surface area (Å²) in [6, 6.07) is 21.5. The summed E-state index contributed by atoms with van der Waals surface area (Å²) >= 11 is 0. The quantitative estimate of drug-likeness (QED) is 0.794. The van der Waals surface area contributed by atoms with Crippen LogP contribution in [0.4, 0.5) is 0 Å². The van der Waals surface area contributed by atoms with Gasteiger partial charge in [0.05, 0.1) is 6.04 Å². The summed E-state index contributed by atoms with van der Waals surface area (Å²) in [5, 5.41) is 3.12. The molecule has 3 aromatic rings. The van der Waals surface area contributed by atoms with Gasteiger partial charge in [0.15, 0.2) is 0 Å². The first kappa shape index (κ1) is 15.0. The predicted octanol–water partition coefficient (Wildman–Crippen LogP) is 3.91. The molecular weight excluding hydrogens is 284 g/mol. The van der Waals surface area contributed by atoms with E-state index in [1.807, 2.05) is 30.3 Å². The molecule has 3 nitrogen and oxygen atoms in total. The van der Waals surface area contributed by atoms with Gasteiger partial charge in [-0.2, -0.15) is 0 Å². The molecular formula is C20H18N2O. The molecule has 1 atom stereocenters. The minimum atomic E-state index is -0.183. The SMILES string of the molecule is Cc1ccc(C(NC(=O)c2ccncc2)c2ccccc2)cc1. The highest BCUT2D eigenvalue weighted by atomic mass is 16.1. The second kappa shape index (κ2) is 6.88.